The van der Waals surface area contributed by atoms with Gasteiger partial charge in [-0.1, -0.05) is 11.6 Å². The lowest BCUT2D eigenvalue weighted by Crippen LogP contribution is -2.00. The van der Waals surface area contributed by atoms with Gasteiger partial charge in [-0.2, -0.15) is 0 Å². The van der Waals surface area contributed by atoms with Gasteiger partial charge in [-0.15, -0.1) is 0 Å². The zero-order valence-electron chi connectivity index (χ0n) is 8.11. The molecule has 15 heavy (non-hydrogen) atoms. The second-order valence-electron chi connectivity index (χ2n) is 2.82. The fourth-order valence-corrected chi connectivity index (χ4v) is 1.51. The summed E-state index contributed by atoms with van der Waals surface area (Å²) < 4.78 is 4.87. The standard InChI is InChI=1S/C9H8ClNO4/c1-5(12)9-7(10)3-6(11(13)14)4-8(9)15-2/h3-4H,1-2H3. The zero-order chi connectivity index (χ0) is 11.6. The van der Waals surface area contributed by atoms with E-state index in [0.29, 0.717) is 0 Å². The lowest BCUT2D eigenvalue weighted by atomic mass is 10.1. The Balaban J connectivity index is 3.43. The van der Waals surface area contributed by atoms with Crippen molar-refractivity contribution >= 4 is 23.1 Å². The summed E-state index contributed by atoms with van der Waals surface area (Å²) in [5, 5.41) is 10.5. The molecule has 0 spiro atoms. The number of hydrogen-bond donors (Lipinski definition) is 0. The second-order valence-corrected chi connectivity index (χ2v) is 3.23. The smallest absolute Gasteiger partial charge is 0.274 e. The van der Waals surface area contributed by atoms with Crippen LogP contribution in [0, 0.1) is 10.1 Å². The third-order valence-corrected chi connectivity index (χ3v) is 2.12. The van der Waals surface area contributed by atoms with E-state index in [9.17, 15) is 14.9 Å². The van der Waals surface area contributed by atoms with Crippen LogP contribution in [0.3, 0.4) is 0 Å². The molecule has 0 radical (unpaired) electrons. The molecule has 5 nitrogen and oxygen atoms in total. The molecule has 0 fully saturated rings. The van der Waals surface area contributed by atoms with Crippen LogP contribution in [-0.4, -0.2) is 17.8 Å². The number of methoxy groups -OCH3 is 1. The van der Waals surface area contributed by atoms with Crippen molar-refractivity contribution in [2.24, 2.45) is 0 Å². The molecule has 0 unspecified atom stereocenters. The second kappa shape index (κ2) is 4.27. The molecule has 6 heteroatoms. The van der Waals surface area contributed by atoms with Crippen molar-refractivity contribution in [1.29, 1.82) is 0 Å². The quantitative estimate of drug-likeness (QED) is 0.454. The van der Waals surface area contributed by atoms with Gasteiger partial charge in [0, 0.05) is 6.07 Å². The highest BCUT2D eigenvalue weighted by atomic mass is 35.5. The zero-order valence-corrected chi connectivity index (χ0v) is 8.87. The summed E-state index contributed by atoms with van der Waals surface area (Å²) in [6.07, 6.45) is 0. The average Bonchev–Trinajstić information content (AvgIpc) is 2.15. The highest BCUT2D eigenvalue weighted by molar-refractivity contribution is 6.34. The number of carbonyl (C=O) groups excluding carboxylic acids is 1. The van der Waals surface area contributed by atoms with Gasteiger partial charge in [-0.3, -0.25) is 14.9 Å². The van der Waals surface area contributed by atoms with Crippen molar-refractivity contribution in [1.82, 2.24) is 0 Å². The van der Waals surface area contributed by atoms with E-state index in [1.165, 1.54) is 20.1 Å². The molecule has 1 rings (SSSR count). The Hall–Kier alpha value is -1.62. The van der Waals surface area contributed by atoms with Crippen molar-refractivity contribution in [2.75, 3.05) is 7.11 Å². The molecule has 1 aromatic rings. The van der Waals surface area contributed by atoms with Crippen molar-refractivity contribution < 1.29 is 14.5 Å². The summed E-state index contributed by atoms with van der Waals surface area (Å²) in [6, 6.07) is 2.30. The van der Waals surface area contributed by atoms with Gasteiger partial charge in [0.15, 0.2) is 5.78 Å². The van der Waals surface area contributed by atoms with E-state index in [1.807, 2.05) is 0 Å². The first-order chi connectivity index (χ1) is 6.97. The number of carbonyl (C=O) groups is 1. The Labute approximate surface area is 90.8 Å². The minimum Gasteiger partial charge on any atom is -0.496 e. The summed E-state index contributed by atoms with van der Waals surface area (Å²) in [5.74, 6) is -0.187. The van der Waals surface area contributed by atoms with Gasteiger partial charge in [0.2, 0.25) is 0 Å². The van der Waals surface area contributed by atoms with Crippen molar-refractivity contribution in [2.45, 2.75) is 6.92 Å². The normalized spacial score (nSPS) is 9.80. The highest BCUT2D eigenvalue weighted by Crippen LogP contribution is 2.32. The van der Waals surface area contributed by atoms with Crippen molar-refractivity contribution in [3.8, 4) is 5.75 Å². The molecule has 0 aliphatic carbocycles. The van der Waals surface area contributed by atoms with E-state index in [4.69, 9.17) is 16.3 Å². The Morgan fingerprint density at radius 3 is 2.53 bits per heavy atom. The van der Waals surface area contributed by atoms with Crippen molar-refractivity contribution in [3.63, 3.8) is 0 Å². The van der Waals surface area contributed by atoms with Gasteiger partial charge in [0.25, 0.3) is 5.69 Å². The molecule has 0 bridgehead atoms. The summed E-state index contributed by atoms with van der Waals surface area (Å²) >= 11 is 5.75. The van der Waals surface area contributed by atoms with E-state index in [0.717, 1.165) is 6.07 Å². The van der Waals surface area contributed by atoms with E-state index >= 15 is 0 Å². The number of nitrogens with zero attached hydrogens (tertiary/aromatic N) is 1. The number of nitro groups is 1. The number of rotatable bonds is 3. The molecular formula is C9H8ClNO4. The summed E-state index contributed by atoms with van der Waals surface area (Å²) in [7, 11) is 1.32. The van der Waals surface area contributed by atoms with Crippen LogP contribution < -0.4 is 4.74 Å². The molecule has 0 aliphatic rings. The minimum atomic E-state index is -0.599. The van der Waals surface area contributed by atoms with Gasteiger partial charge in [-0.05, 0) is 6.92 Å². The number of hydrogen-bond acceptors (Lipinski definition) is 4. The largest absolute Gasteiger partial charge is 0.496 e. The first-order valence-electron chi connectivity index (χ1n) is 4.00. The van der Waals surface area contributed by atoms with Crippen LogP contribution in [0.15, 0.2) is 12.1 Å². The third-order valence-electron chi connectivity index (χ3n) is 1.82. The van der Waals surface area contributed by atoms with Gasteiger partial charge in [0.1, 0.15) is 5.75 Å². The van der Waals surface area contributed by atoms with E-state index < -0.39 is 4.92 Å². The molecule has 0 amide bonds. The van der Waals surface area contributed by atoms with Crippen LogP contribution in [0.1, 0.15) is 17.3 Å². The molecular weight excluding hydrogens is 222 g/mol. The Morgan fingerprint density at radius 2 is 2.13 bits per heavy atom. The van der Waals surface area contributed by atoms with Crippen LogP contribution in [-0.2, 0) is 0 Å². The molecule has 0 atom stereocenters. The van der Waals surface area contributed by atoms with Gasteiger partial charge in [0.05, 0.1) is 28.7 Å². The van der Waals surface area contributed by atoms with E-state index in [2.05, 4.69) is 0 Å². The van der Waals surface area contributed by atoms with Crippen LogP contribution in [0.4, 0.5) is 5.69 Å². The molecule has 0 saturated carbocycles. The average molecular weight is 230 g/mol. The predicted molar refractivity (Wildman–Crippen MR) is 54.7 cm³/mol. The first-order valence-corrected chi connectivity index (χ1v) is 4.38. The Bertz CT molecular complexity index is 430. The summed E-state index contributed by atoms with van der Waals surface area (Å²) in [6.45, 7) is 1.32. The number of ether oxygens (including phenoxy) is 1. The molecule has 80 valence electrons. The van der Waals surface area contributed by atoms with Gasteiger partial charge in [-0.25, -0.2) is 0 Å². The molecule has 0 aliphatic heterocycles. The van der Waals surface area contributed by atoms with Crippen LogP contribution >= 0.6 is 11.6 Å². The number of Topliss-reactive ketones (excluding diaryl/α,β-unsaturated/α-hetero) is 1. The molecule has 0 N–H and O–H groups in total. The summed E-state index contributed by atoms with van der Waals surface area (Å²) in [5.41, 5.74) is -0.0494. The van der Waals surface area contributed by atoms with Gasteiger partial charge >= 0.3 is 0 Å². The fourth-order valence-electron chi connectivity index (χ4n) is 1.18. The topological polar surface area (TPSA) is 69.4 Å². The first kappa shape index (κ1) is 11.5. The van der Waals surface area contributed by atoms with Crippen LogP contribution in [0.2, 0.25) is 5.02 Å². The molecule has 0 saturated heterocycles. The monoisotopic (exact) mass is 229 g/mol. The SMILES string of the molecule is COc1cc([N+](=O)[O-])cc(Cl)c1C(C)=O. The van der Waals surface area contributed by atoms with Crippen molar-refractivity contribution in [3.05, 3.63) is 32.8 Å². The lowest BCUT2D eigenvalue weighted by Gasteiger charge is -2.07. The molecule has 0 heterocycles. The Kier molecular flexibility index (Phi) is 3.26. The summed E-state index contributed by atoms with van der Waals surface area (Å²) in [4.78, 5) is 21.1. The number of nitro benzene ring substituents is 1. The molecule has 1 aromatic carbocycles. The van der Waals surface area contributed by atoms with E-state index in [1.54, 1.807) is 0 Å². The maximum atomic E-state index is 11.2. The highest BCUT2D eigenvalue weighted by Gasteiger charge is 2.18. The maximum Gasteiger partial charge on any atom is 0.274 e. The maximum absolute atomic E-state index is 11.2. The Morgan fingerprint density at radius 1 is 1.53 bits per heavy atom. The predicted octanol–water partition coefficient (Wildman–Crippen LogP) is 2.46. The fraction of sp³-hybridized carbons (Fsp3) is 0.222. The van der Waals surface area contributed by atoms with Crippen LogP contribution in [0.5, 0.6) is 5.75 Å². The minimum absolute atomic E-state index is 0.0218. The number of halogens is 1. The number of non-ortho nitro benzene ring substituents is 1. The van der Waals surface area contributed by atoms with E-state index in [-0.39, 0.29) is 27.8 Å². The third kappa shape index (κ3) is 2.24. The number of ketones is 1. The van der Waals surface area contributed by atoms with Gasteiger partial charge < -0.3 is 4.74 Å². The lowest BCUT2D eigenvalue weighted by molar-refractivity contribution is -0.384. The molecule has 0 aromatic heterocycles. The van der Waals surface area contributed by atoms with Crippen LogP contribution in [0.25, 0.3) is 0 Å². The number of benzene rings is 1.